The number of aromatic amines is 1. The van der Waals surface area contributed by atoms with E-state index in [-0.39, 0.29) is 11.5 Å². The number of amides is 1. The number of anilines is 1. The van der Waals surface area contributed by atoms with E-state index in [1.54, 1.807) is 31.2 Å². The summed E-state index contributed by atoms with van der Waals surface area (Å²) in [4.78, 5) is 26.5. The summed E-state index contributed by atoms with van der Waals surface area (Å²) in [7, 11) is 0. The van der Waals surface area contributed by atoms with Gasteiger partial charge in [-0.15, -0.1) is 0 Å². The predicted octanol–water partition coefficient (Wildman–Crippen LogP) is 3.73. The van der Waals surface area contributed by atoms with Crippen molar-refractivity contribution in [3.63, 3.8) is 0 Å². The average molecular weight is 320 g/mol. The van der Waals surface area contributed by atoms with E-state index in [0.717, 1.165) is 0 Å². The number of carbonyl (C=O) groups is 1. The van der Waals surface area contributed by atoms with Crippen LogP contribution < -0.4 is 15.6 Å². The van der Waals surface area contributed by atoms with Crippen LogP contribution in [0.25, 0.3) is 0 Å². The highest BCUT2D eigenvalue weighted by Crippen LogP contribution is 2.29. The fourth-order valence-corrected chi connectivity index (χ4v) is 2.28. The number of rotatable bonds is 4. The third kappa shape index (κ3) is 3.70. The van der Waals surface area contributed by atoms with Crippen molar-refractivity contribution in [2.24, 2.45) is 0 Å². The maximum atomic E-state index is 12.4. The molecular formula is C19H16N2O3. The summed E-state index contributed by atoms with van der Waals surface area (Å²) in [5, 5.41) is 2.78. The lowest BCUT2D eigenvalue weighted by atomic mass is 10.2. The molecule has 0 fully saturated rings. The van der Waals surface area contributed by atoms with Crippen LogP contribution in [0.5, 0.6) is 11.5 Å². The SMILES string of the molecule is Cc1cc(C(=O)Nc2ccccc2Oc2ccccc2)cc(=O)[nH]1. The molecular weight excluding hydrogens is 304 g/mol. The standard InChI is InChI=1S/C19H16N2O3/c1-13-11-14(12-18(22)20-13)19(23)21-16-9-5-6-10-17(16)24-15-7-3-2-4-8-15/h2-12H,1H3,(H,20,22)(H,21,23). The van der Waals surface area contributed by atoms with Crippen LogP contribution in [0.2, 0.25) is 0 Å². The fourth-order valence-electron chi connectivity index (χ4n) is 2.28. The van der Waals surface area contributed by atoms with Crippen molar-refractivity contribution < 1.29 is 9.53 Å². The molecule has 0 saturated carbocycles. The summed E-state index contributed by atoms with van der Waals surface area (Å²) in [5.41, 5.74) is 1.14. The lowest BCUT2D eigenvalue weighted by molar-refractivity contribution is 0.102. The van der Waals surface area contributed by atoms with E-state index in [2.05, 4.69) is 10.3 Å². The first-order valence-electron chi connectivity index (χ1n) is 7.46. The first-order chi connectivity index (χ1) is 11.6. The highest BCUT2D eigenvalue weighted by molar-refractivity contribution is 6.05. The second-order valence-electron chi connectivity index (χ2n) is 5.28. The molecule has 5 nitrogen and oxygen atoms in total. The van der Waals surface area contributed by atoms with Crippen molar-refractivity contribution >= 4 is 11.6 Å². The number of H-pyrrole nitrogens is 1. The number of carbonyl (C=O) groups excluding carboxylic acids is 1. The van der Waals surface area contributed by atoms with Gasteiger partial charge in [0.1, 0.15) is 5.75 Å². The van der Waals surface area contributed by atoms with Gasteiger partial charge in [0.05, 0.1) is 5.69 Å². The van der Waals surface area contributed by atoms with Crippen LogP contribution in [-0.2, 0) is 0 Å². The number of nitrogens with one attached hydrogen (secondary N) is 2. The van der Waals surface area contributed by atoms with Crippen molar-refractivity contribution in [3.8, 4) is 11.5 Å². The minimum absolute atomic E-state index is 0.297. The zero-order valence-corrected chi connectivity index (χ0v) is 13.1. The normalized spacial score (nSPS) is 10.2. The van der Waals surface area contributed by atoms with Crippen LogP contribution in [0, 0.1) is 6.92 Å². The molecule has 0 atom stereocenters. The van der Waals surface area contributed by atoms with Gasteiger partial charge in [-0.05, 0) is 37.3 Å². The molecule has 24 heavy (non-hydrogen) atoms. The molecule has 0 radical (unpaired) electrons. The van der Waals surface area contributed by atoms with Crippen molar-refractivity contribution in [1.29, 1.82) is 0 Å². The van der Waals surface area contributed by atoms with Gasteiger partial charge in [-0.3, -0.25) is 9.59 Å². The molecule has 0 unspecified atom stereocenters. The van der Waals surface area contributed by atoms with Gasteiger partial charge < -0.3 is 15.0 Å². The number of ether oxygens (including phenoxy) is 1. The van der Waals surface area contributed by atoms with Crippen LogP contribution in [0.1, 0.15) is 16.1 Å². The number of pyridine rings is 1. The molecule has 0 spiro atoms. The fraction of sp³-hybridized carbons (Fsp3) is 0.0526. The Balaban J connectivity index is 1.85. The van der Waals surface area contributed by atoms with Gasteiger partial charge in [0.2, 0.25) is 5.56 Å². The molecule has 0 aliphatic carbocycles. The second kappa shape index (κ2) is 6.83. The van der Waals surface area contributed by atoms with Crippen molar-refractivity contribution in [1.82, 2.24) is 4.98 Å². The summed E-state index contributed by atoms with van der Waals surface area (Å²) in [6, 6.07) is 19.3. The van der Waals surface area contributed by atoms with E-state index in [1.807, 2.05) is 36.4 Å². The molecule has 1 heterocycles. The number of hydrogen-bond acceptors (Lipinski definition) is 3. The minimum Gasteiger partial charge on any atom is -0.455 e. The van der Waals surface area contributed by atoms with Crippen LogP contribution in [0.4, 0.5) is 5.69 Å². The molecule has 0 aliphatic rings. The van der Waals surface area contributed by atoms with Crippen molar-refractivity contribution in [3.05, 3.63) is 88.3 Å². The van der Waals surface area contributed by atoms with E-state index in [1.165, 1.54) is 6.07 Å². The highest BCUT2D eigenvalue weighted by atomic mass is 16.5. The van der Waals surface area contributed by atoms with Crippen molar-refractivity contribution in [2.75, 3.05) is 5.32 Å². The van der Waals surface area contributed by atoms with Gasteiger partial charge in [-0.1, -0.05) is 30.3 Å². The Bertz CT molecular complexity index is 917. The molecule has 5 heteroatoms. The number of benzene rings is 2. The van der Waals surface area contributed by atoms with E-state index in [4.69, 9.17) is 4.74 Å². The van der Waals surface area contributed by atoms with Crippen molar-refractivity contribution in [2.45, 2.75) is 6.92 Å². The zero-order valence-electron chi connectivity index (χ0n) is 13.1. The first-order valence-corrected chi connectivity index (χ1v) is 7.46. The molecule has 1 aromatic heterocycles. The van der Waals surface area contributed by atoms with Gasteiger partial charge >= 0.3 is 0 Å². The Hall–Kier alpha value is -3.34. The summed E-state index contributed by atoms with van der Waals surface area (Å²) in [6.45, 7) is 1.73. The van der Waals surface area contributed by atoms with Crippen LogP contribution in [0.15, 0.2) is 71.5 Å². The van der Waals surface area contributed by atoms with E-state index >= 15 is 0 Å². The lowest BCUT2D eigenvalue weighted by Gasteiger charge is -2.12. The Kier molecular flexibility index (Phi) is 4.43. The van der Waals surface area contributed by atoms with Gasteiger partial charge in [-0.25, -0.2) is 0 Å². The maximum Gasteiger partial charge on any atom is 0.256 e. The van der Waals surface area contributed by atoms with E-state index < -0.39 is 0 Å². The average Bonchev–Trinajstić information content (AvgIpc) is 2.56. The molecule has 2 N–H and O–H groups in total. The highest BCUT2D eigenvalue weighted by Gasteiger charge is 2.11. The molecule has 0 saturated heterocycles. The monoisotopic (exact) mass is 320 g/mol. The maximum absolute atomic E-state index is 12.4. The van der Waals surface area contributed by atoms with Crippen LogP contribution >= 0.6 is 0 Å². The van der Waals surface area contributed by atoms with Gasteiger partial charge in [0, 0.05) is 17.3 Å². The summed E-state index contributed by atoms with van der Waals surface area (Å²) < 4.78 is 5.81. The third-order valence-electron chi connectivity index (χ3n) is 3.35. The lowest BCUT2D eigenvalue weighted by Crippen LogP contribution is -2.17. The van der Waals surface area contributed by atoms with E-state index in [0.29, 0.717) is 28.4 Å². The Morgan fingerprint density at radius 3 is 2.46 bits per heavy atom. The number of aryl methyl sites for hydroxylation is 1. The molecule has 120 valence electrons. The van der Waals surface area contributed by atoms with E-state index in [9.17, 15) is 9.59 Å². The third-order valence-corrected chi connectivity index (χ3v) is 3.35. The van der Waals surface area contributed by atoms with Gasteiger partial charge in [-0.2, -0.15) is 0 Å². The van der Waals surface area contributed by atoms with Gasteiger partial charge in [0.25, 0.3) is 5.91 Å². The number of hydrogen-bond donors (Lipinski definition) is 2. The van der Waals surface area contributed by atoms with Gasteiger partial charge in [0.15, 0.2) is 5.75 Å². The zero-order chi connectivity index (χ0) is 16.9. The Morgan fingerprint density at radius 1 is 1.00 bits per heavy atom. The Morgan fingerprint density at radius 2 is 1.71 bits per heavy atom. The minimum atomic E-state index is -0.367. The topological polar surface area (TPSA) is 71.2 Å². The molecule has 0 aliphatic heterocycles. The Labute approximate surface area is 138 Å². The molecule has 3 rings (SSSR count). The summed E-state index contributed by atoms with van der Waals surface area (Å²) in [5.74, 6) is 0.832. The number of aromatic nitrogens is 1. The summed E-state index contributed by atoms with van der Waals surface area (Å²) in [6.07, 6.45) is 0. The van der Waals surface area contributed by atoms with Crippen LogP contribution in [0.3, 0.4) is 0 Å². The molecule has 2 aromatic carbocycles. The summed E-state index contributed by atoms with van der Waals surface area (Å²) >= 11 is 0. The predicted molar refractivity (Wildman–Crippen MR) is 92.7 cm³/mol. The largest absolute Gasteiger partial charge is 0.455 e. The molecule has 1 amide bonds. The second-order valence-corrected chi connectivity index (χ2v) is 5.28. The number of para-hydroxylation sites is 3. The quantitative estimate of drug-likeness (QED) is 0.769. The van der Waals surface area contributed by atoms with Crippen LogP contribution in [-0.4, -0.2) is 10.9 Å². The smallest absolute Gasteiger partial charge is 0.256 e. The molecule has 0 bridgehead atoms. The molecule has 3 aromatic rings. The first kappa shape index (κ1) is 15.6.